The van der Waals surface area contributed by atoms with Crippen LogP contribution < -0.4 is 15.0 Å². The Morgan fingerprint density at radius 1 is 1.00 bits per heavy atom. The van der Waals surface area contributed by atoms with Crippen molar-refractivity contribution in [3.05, 3.63) is 101 Å². The Balaban J connectivity index is 1.46. The van der Waals surface area contributed by atoms with E-state index in [2.05, 4.69) is 24.1 Å². The molecule has 0 bridgehead atoms. The summed E-state index contributed by atoms with van der Waals surface area (Å²) in [6, 6.07) is 20.6. The molecule has 0 radical (unpaired) electrons. The summed E-state index contributed by atoms with van der Waals surface area (Å²) in [5.74, 6) is -0.216. The Morgan fingerprint density at radius 2 is 1.70 bits per heavy atom. The maximum Gasteiger partial charge on any atom is 0.294 e. The van der Waals surface area contributed by atoms with Gasteiger partial charge in [-0.15, -0.1) is 0 Å². The molecular weight excluding hydrogens is 469 g/mol. The van der Waals surface area contributed by atoms with Crippen molar-refractivity contribution in [3.8, 4) is 5.75 Å². The molecule has 37 heavy (non-hydrogen) atoms. The molecule has 0 aliphatic carbocycles. The smallest absolute Gasteiger partial charge is 0.294 e. The molecule has 1 N–H and O–H groups in total. The van der Waals surface area contributed by atoms with E-state index >= 15 is 0 Å². The second-order valence-corrected chi connectivity index (χ2v) is 8.82. The van der Waals surface area contributed by atoms with Crippen LogP contribution in [0.25, 0.3) is 6.08 Å². The highest BCUT2D eigenvalue weighted by Crippen LogP contribution is 2.36. The number of carbonyl (C=O) groups is 2. The number of fused-ring (bicyclic) bond motifs is 1. The van der Waals surface area contributed by atoms with Crippen LogP contribution in [-0.2, 0) is 11.3 Å². The van der Waals surface area contributed by atoms with Crippen LogP contribution in [0.1, 0.15) is 41.8 Å². The second kappa shape index (κ2) is 12.3. The van der Waals surface area contributed by atoms with Gasteiger partial charge in [0.15, 0.2) is 11.5 Å². The number of nitrogens with one attached hydrogen (secondary N) is 1. The monoisotopic (exact) mass is 501 g/mol. The number of anilines is 1. The summed E-state index contributed by atoms with van der Waals surface area (Å²) in [6.07, 6.45) is 2.53. The van der Waals surface area contributed by atoms with Crippen molar-refractivity contribution in [1.29, 1.82) is 0 Å². The van der Waals surface area contributed by atoms with Gasteiger partial charge in [-0.05, 0) is 68.0 Å². The Labute approximate surface area is 217 Å². The van der Waals surface area contributed by atoms with E-state index < -0.39 is 0 Å². The molecule has 6 nitrogen and oxygen atoms in total. The van der Waals surface area contributed by atoms with E-state index in [0.29, 0.717) is 34.7 Å². The normalized spacial score (nSPS) is 14.0. The minimum absolute atomic E-state index is 0.0800. The first kappa shape index (κ1) is 26.1. The first-order valence-corrected chi connectivity index (χ1v) is 12.6. The van der Waals surface area contributed by atoms with Gasteiger partial charge in [0, 0.05) is 17.7 Å². The van der Waals surface area contributed by atoms with Crippen LogP contribution in [0.3, 0.4) is 0 Å². The van der Waals surface area contributed by atoms with Gasteiger partial charge in [-0.2, -0.15) is 0 Å². The first-order chi connectivity index (χ1) is 18.0. The van der Waals surface area contributed by atoms with Crippen LogP contribution in [-0.4, -0.2) is 42.9 Å². The molecule has 4 rings (SSSR count). The number of benzene rings is 3. The van der Waals surface area contributed by atoms with E-state index in [-0.39, 0.29) is 29.9 Å². The molecule has 1 aliphatic heterocycles. The number of nitrogens with zero attached hydrogens (tertiary/aromatic N) is 2. The molecule has 0 fully saturated rings. The van der Waals surface area contributed by atoms with Crippen molar-refractivity contribution < 1.29 is 18.7 Å². The molecule has 192 valence electrons. The van der Waals surface area contributed by atoms with E-state index in [9.17, 15) is 14.0 Å². The molecule has 1 heterocycles. The number of ether oxygens (including phenoxy) is 1. The van der Waals surface area contributed by atoms with E-state index in [1.165, 1.54) is 11.0 Å². The zero-order valence-corrected chi connectivity index (χ0v) is 21.2. The first-order valence-electron chi connectivity index (χ1n) is 12.6. The summed E-state index contributed by atoms with van der Waals surface area (Å²) in [6.45, 7) is 7.90. The van der Waals surface area contributed by atoms with Gasteiger partial charge >= 0.3 is 0 Å². The molecular formula is C30H32FN3O3. The molecule has 7 heteroatoms. The highest BCUT2D eigenvalue weighted by Gasteiger charge is 2.30. The van der Waals surface area contributed by atoms with Gasteiger partial charge in [0.05, 0.1) is 12.2 Å². The van der Waals surface area contributed by atoms with Crippen molar-refractivity contribution in [3.63, 3.8) is 0 Å². The Bertz CT molecular complexity index is 1270. The number of para-hydroxylation sites is 2. The number of halogens is 1. The molecule has 3 aromatic carbocycles. The third-order valence-electron chi connectivity index (χ3n) is 6.42. The third-order valence-corrected chi connectivity index (χ3v) is 6.42. The SMILES string of the molecule is CCN(CC)CCCNC(=O)c1ccc(C=C2Oc3ccccc3N(Cc3ccccc3F)C2=O)cc1. The van der Waals surface area contributed by atoms with E-state index in [1.807, 2.05) is 12.1 Å². The molecule has 0 saturated heterocycles. The van der Waals surface area contributed by atoms with Crippen molar-refractivity contribution in [2.24, 2.45) is 0 Å². The molecule has 0 unspecified atom stereocenters. The largest absolute Gasteiger partial charge is 0.449 e. The molecule has 1 aliphatic rings. The van der Waals surface area contributed by atoms with Crippen molar-refractivity contribution in [2.75, 3.05) is 31.1 Å². The number of carbonyl (C=O) groups excluding carboxylic acids is 2. The summed E-state index contributed by atoms with van der Waals surface area (Å²) in [5, 5.41) is 2.96. The molecule has 2 amide bonds. The molecule has 0 spiro atoms. The van der Waals surface area contributed by atoms with E-state index in [4.69, 9.17) is 4.74 Å². The topological polar surface area (TPSA) is 61.9 Å². The highest BCUT2D eigenvalue weighted by molar-refractivity contribution is 6.09. The predicted octanol–water partition coefficient (Wildman–Crippen LogP) is 5.25. The van der Waals surface area contributed by atoms with Crippen LogP contribution in [0.2, 0.25) is 0 Å². The van der Waals surface area contributed by atoms with Crippen molar-refractivity contribution in [1.82, 2.24) is 10.2 Å². The van der Waals surface area contributed by atoms with Gasteiger partial charge < -0.3 is 15.0 Å². The van der Waals surface area contributed by atoms with Crippen molar-refractivity contribution in [2.45, 2.75) is 26.8 Å². The van der Waals surface area contributed by atoms with Gasteiger partial charge in [0.25, 0.3) is 11.8 Å². The van der Waals surface area contributed by atoms with Gasteiger partial charge in [0.1, 0.15) is 5.82 Å². The lowest BCUT2D eigenvalue weighted by molar-refractivity contribution is -0.117. The quantitative estimate of drug-likeness (QED) is 0.304. The summed E-state index contributed by atoms with van der Waals surface area (Å²) < 4.78 is 20.3. The third kappa shape index (κ3) is 6.43. The number of hydrogen-bond acceptors (Lipinski definition) is 4. The Kier molecular flexibility index (Phi) is 8.69. The Morgan fingerprint density at radius 3 is 2.43 bits per heavy atom. The number of hydrogen-bond donors (Lipinski definition) is 1. The fourth-order valence-electron chi connectivity index (χ4n) is 4.24. The highest BCUT2D eigenvalue weighted by atomic mass is 19.1. The zero-order chi connectivity index (χ0) is 26.2. The zero-order valence-electron chi connectivity index (χ0n) is 21.2. The van der Waals surface area contributed by atoms with Crippen LogP contribution in [0.4, 0.5) is 10.1 Å². The van der Waals surface area contributed by atoms with Crippen LogP contribution in [0.5, 0.6) is 5.75 Å². The van der Waals surface area contributed by atoms with Gasteiger partial charge in [0.2, 0.25) is 0 Å². The van der Waals surface area contributed by atoms with Gasteiger partial charge in [-0.3, -0.25) is 14.5 Å². The summed E-state index contributed by atoms with van der Waals surface area (Å²) in [5.41, 5.74) is 2.26. The fourth-order valence-corrected chi connectivity index (χ4v) is 4.24. The lowest BCUT2D eigenvalue weighted by Gasteiger charge is -2.30. The lowest BCUT2D eigenvalue weighted by Crippen LogP contribution is -2.37. The molecule has 0 saturated carbocycles. The maximum absolute atomic E-state index is 14.3. The van der Waals surface area contributed by atoms with E-state index in [0.717, 1.165) is 26.1 Å². The van der Waals surface area contributed by atoms with E-state index in [1.54, 1.807) is 60.7 Å². The van der Waals surface area contributed by atoms with Crippen molar-refractivity contribution >= 4 is 23.6 Å². The fraction of sp³-hybridized carbons (Fsp3) is 0.267. The number of rotatable bonds is 10. The predicted molar refractivity (Wildman–Crippen MR) is 144 cm³/mol. The number of amides is 2. The lowest BCUT2D eigenvalue weighted by atomic mass is 10.1. The van der Waals surface area contributed by atoms with Gasteiger partial charge in [-0.25, -0.2) is 4.39 Å². The Hall–Kier alpha value is -3.97. The standard InChI is InChI=1S/C30H32FN3O3/c1-3-33(4-2)19-9-18-32-29(35)23-16-14-22(15-17-23)20-28-30(36)34(21-24-10-5-6-11-25(24)31)26-12-7-8-13-27(26)37-28/h5-8,10-17,20H,3-4,9,18-19,21H2,1-2H3,(H,32,35). The van der Waals surface area contributed by atoms with Gasteiger partial charge in [-0.1, -0.05) is 56.3 Å². The molecule has 3 aromatic rings. The maximum atomic E-state index is 14.3. The second-order valence-electron chi connectivity index (χ2n) is 8.82. The summed E-state index contributed by atoms with van der Waals surface area (Å²) in [4.78, 5) is 29.7. The average molecular weight is 502 g/mol. The average Bonchev–Trinajstić information content (AvgIpc) is 2.92. The van der Waals surface area contributed by atoms with Crippen LogP contribution in [0.15, 0.2) is 78.6 Å². The minimum Gasteiger partial charge on any atom is -0.449 e. The minimum atomic E-state index is -0.369. The molecule has 0 aromatic heterocycles. The summed E-state index contributed by atoms with van der Waals surface area (Å²) >= 11 is 0. The molecule has 0 atom stereocenters. The summed E-state index contributed by atoms with van der Waals surface area (Å²) in [7, 11) is 0. The van der Waals surface area contributed by atoms with Crippen LogP contribution >= 0.6 is 0 Å². The van der Waals surface area contributed by atoms with Crippen LogP contribution in [0, 0.1) is 5.82 Å².